The van der Waals surface area contributed by atoms with Gasteiger partial charge < -0.3 is 23.4 Å². The minimum Gasteiger partial charge on any atom is -0.497 e. The fourth-order valence-electron chi connectivity index (χ4n) is 3.38. The van der Waals surface area contributed by atoms with Crippen LogP contribution in [-0.4, -0.2) is 47.7 Å². The summed E-state index contributed by atoms with van der Waals surface area (Å²) >= 11 is 0. The normalized spacial score (nSPS) is 15.3. The van der Waals surface area contributed by atoms with E-state index in [-0.39, 0.29) is 5.54 Å². The second-order valence-electron chi connectivity index (χ2n) is 9.21. The Balaban J connectivity index is 2.21. The molecule has 0 spiro atoms. The van der Waals surface area contributed by atoms with Crippen LogP contribution in [0, 0.1) is 0 Å². The lowest BCUT2D eigenvalue weighted by molar-refractivity contribution is 0.279. The Morgan fingerprint density at radius 2 is 1.65 bits per heavy atom. The van der Waals surface area contributed by atoms with Gasteiger partial charge in [-0.3, -0.25) is 0 Å². The number of hydrogen-bond acceptors (Lipinski definition) is 6. The van der Waals surface area contributed by atoms with Crippen LogP contribution in [0.2, 0.25) is 19.6 Å². The van der Waals surface area contributed by atoms with Gasteiger partial charge in [0.25, 0.3) is 0 Å². The highest BCUT2D eigenvalue weighted by molar-refractivity contribution is 6.69. The molecule has 1 aliphatic rings. The van der Waals surface area contributed by atoms with Gasteiger partial charge >= 0.3 is 0 Å². The summed E-state index contributed by atoms with van der Waals surface area (Å²) in [7, 11) is 3.30. The zero-order chi connectivity index (χ0) is 22.8. The van der Waals surface area contributed by atoms with E-state index in [1.807, 2.05) is 38.1 Å². The van der Waals surface area contributed by atoms with E-state index in [0.717, 1.165) is 28.0 Å². The van der Waals surface area contributed by atoms with Crippen LogP contribution in [0.15, 0.2) is 35.3 Å². The number of methoxy groups -OCH3 is 3. The van der Waals surface area contributed by atoms with Crippen molar-refractivity contribution >= 4 is 14.2 Å². The van der Waals surface area contributed by atoms with Crippen molar-refractivity contribution in [3.63, 3.8) is 0 Å². The summed E-state index contributed by atoms with van der Waals surface area (Å²) in [5.74, 6) is 2.64. The Hall–Kier alpha value is -2.51. The van der Waals surface area contributed by atoms with Crippen molar-refractivity contribution in [1.82, 2.24) is 0 Å². The third-order valence-corrected chi connectivity index (χ3v) is 5.94. The van der Waals surface area contributed by atoms with Crippen LogP contribution in [-0.2, 0) is 15.8 Å². The van der Waals surface area contributed by atoms with Crippen LogP contribution in [0.4, 0.5) is 0 Å². The molecule has 0 amide bonds. The predicted molar refractivity (Wildman–Crippen MR) is 126 cm³/mol. The van der Waals surface area contributed by atoms with Gasteiger partial charge in [-0.1, -0.05) is 6.07 Å². The summed E-state index contributed by atoms with van der Waals surface area (Å²) in [6.45, 7) is 11.7. The number of hydrogen-bond donors (Lipinski definition) is 0. The first kappa shape index (κ1) is 23.2. The zero-order valence-corrected chi connectivity index (χ0v) is 20.8. The lowest BCUT2D eigenvalue weighted by Gasteiger charge is -2.20. The SMILES string of the molecule is COc1cc(OC)c(-c2cc(CO[Si](C)(C)C)ccc2OC)c(C2=NC(C)(C)CO2)c1. The number of benzene rings is 2. The second-order valence-corrected chi connectivity index (χ2v) is 13.7. The predicted octanol–water partition coefficient (Wildman–Crippen LogP) is 5.29. The summed E-state index contributed by atoms with van der Waals surface area (Å²) in [4.78, 5) is 4.80. The third kappa shape index (κ3) is 5.40. The topological polar surface area (TPSA) is 58.5 Å². The Morgan fingerprint density at radius 1 is 0.935 bits per heavy atom. The smallest absolute Gasteiger partial charge is 0.217 e. The van der Waals surface area contributed by atoms with Crippen molar-refractivity contribution in [2.75, 3.05) is 27.9 Å². The molecule has 0 bridgehead atoms. The Morgan fingerprint density at radius 3 is 2.19 bits per heavy atom. The number of rotatable bonds is 8. The number of nitrogens with zero attached hydrogens (tertiary/aromatic N) is 1. The highest BCUT2D eigenvalue weighted by Crippen LogP contribution is 2.43. The fourth-order valence-corrected chi connectivity index (χ4v) is 3.98. The summed E-state index contributed by atoms with van der Waals surface area (Å²) in [6, 6.07) is 9.89. The van der Waals surface area contributed by atoms with E-state index in [9.17, 15) is 0 Å². The maximum Gasteiger partial charge on any atom is 0.217 e. The summed E-state index contributed by atoms with van der Waals surface area (Å²) in [6.07, 6.45) is 0. The number of aliphatic imine (C=N–C) groups is 1. The first-order valence-electron chi connectivity index (χ1n) is 10.4. The van der Waals surface area contributed by atoms with Crippen molar-refractivity contribution in [3.05, 3.63) is 41.5 Å². The van der Waals surface area contributed by atoms with Crippen LogP contribution in [0.5, 0.6) is 17.2 Å². The highest BCUT2D eigenvalue weighted by atomic mass is 28.4. The first-order chi connectivity index (χ1) is 14.6. The lowest BCUT2D eigenvalue weighted by atomic mass is 9.95. The lowest BCUT2D eigenvalue weighted by Crippen LogP contribution is -2.24. The van der Waals surface area contributed by atoms with E-state index in [1.165, 1.54) is 0 Å². The molecule has 7 heteroatoms. The minimum absolute atomic E-state index is 0.292. The average molecular weight is 444 g/mol. The molecular weight excluding hydrogens is 410 g/mol. The largest absolute Gasteiger partial charge is 0.497 e. The van der Waals surface area contributed by atoms with Gasteiger partial charge in [-0.05, 0) is 57.3 Å². The molecule has 0 unspecified atom stereocenters. The van der Waals surface area contributed by atoms with Crippen molar-refractivity contribution in [3.8, 4) is 28.4 Å². The van der Waals surface area contributed by atoms with Crippen LogP contribution >= 0.6 is 0 Å². The highest BCUT2D eigenvalue weighted by Gasteiger charge is 2.31. The third-order valence-electron chi connectivity index (χ3n) is 4.93. The molecule has 3 rings (SSSR count). The van der Waals surface area contributed by atoms with Crippen LogP contribution in [0.1, 0.15) is 25.0 Å². The quantitative estimate of drug-likeness (QED) is 0.519. The van der Waals surface area contributed by atoms with Crippen molar-refractivity contribution < 1.29 is 23.4 Å². The molecule has 0 radical (unpaired) electrons. The molecule has 0 fully saturated rings. The Labute approximate surface area is 186 Å². The van der Waals surface area contributed by atoms with Gasteiger partial charge in [-0.25, -0.2) is 4.99 Å². The van der Waals surface area contributed by atoms with E-state index in [0.29, 0.717) is 30.6 Å². The Bertz CT molecular complexity index is 979. The van der Waals surface area contributed by atoms with E-state index in [2.05, 4.69) is 25.7 Å². The van der Waals surface area contributed by atoms with E-state index in [4.69, 9.17) is 28.4 Å². The van der Waals surface area contributed by atoms with Crippen molar-refractivity contribution in [2.45, 2.75) is 45.6 Å². The summed E-state index contributed by atoms with van der Waals surface area (Å²) in [5.41, 5.74) is 3.33. The van der Waals surface area contributed by atoms with E-state index in [1.54, 1.807) is 21.3 Å². The molecule has 31 heavy (non-hydrogen) atoms. The zero-order valence-electron chi connectivity index (χ0n) is 19.8. The maximum absolute atomic E-state index is 6.13. The molecule has 0 atom stereocenters. The molecule has 0 aliphatic carbocycles. The molecule has 1 heterocycles. The standard InChI is InChI=1S/C24H33NO5Si/c1-24(2)15-29-23(25-24)19-12-17(26-3)13-21(28-5)22(19)18-11-16(9-10-20(18)27-4)14-30-31(6,7)8/h9-13H,14-15H2,1-8H3. The van der Waals surface area contributed by atoms with Gasteiger partial charge in [0.1, 0.15) is 23.9 Å². The number of ether oxygens (including phenoxy) is 4. The monoisotopic (exact) mass is 443 g/mol. The minimum atomic E-state index is -1.65. The van der Waals surface area contributed by atoms with Gasteiger partial charge in [-0.15, -0.1) is 0 Å². The van der Waals surface area contributed by atoms with Gasteiger partial charge in [0.05, 0.1) is 39.0 Å². The van der Waals surface area contributed by atoms with Gasteiger partial charge in [0.2, 0.25) is 5.90 Å². The van der Waals surface area contributed by atoms with E-state index >= 15 is 0 Å². The molecular formula is C24H33NO5Si. The molecule has 2 aromatic carbocycles. The first-order valence-corrected chi connectivity index (χ1v) is 13.8. The van der Waals surface area contributed by atoms with Crippen LogP contribution in [0.25, 0.3) is 11.1 Å². The fraction of sp³-hybridized carbons (Fsp3) is 0.458. The molecule has 0 saturated carbocycles. The Kier molecular flexibility index (Phi) is 6.67. The molecule has 0 N–H and O–H groups in total. The summed E-state index contributed by atoms with van der Waals surface area (Å²) in [5, 5.41) is 0. The average Bonchev–Trinajstić information content (AvgIpc) is 3.10. The van der Waals surface area contributed by atoms with Crippen molar-refractivity contribution in [1.29, 1.82) is 0 Å². The van der Waals surface area contributed by atoms with Crippen molar-refractivity contribution in [2.24, 2.45) is 4.99 Å². The molecule has 0 saturated heterocycles. The second kappa shape index (κ2) is 8.92. The van der Waals surface area contributed by atoms with Gasteiger partial charge in [-0.2, -0.15) is 0 Å². The summed E-state index contributed by atoms with van der Waals surface area (Å²) < 4.78 is 29.1. The van der Waals surface area contributed by atoms with Crippen LogP contribution in [0.3, 0.4) is 0 Å². The molecule has 168 valence electrons. The maximum atomic E-state index is 6.13. The molecule has 1 aliphatic heterocycles. The van der Waals surface area contributed by atoms with Crippen LogP contribution < -0.4 is 14.2 Å². The molecule has 0 aromatic heterocycles. The van der Waals surface area contributed by atoms with Gasteiger partial charge in [0, 0.05) is 17.2 Å². The molecule has 2 aromatic rings. The van der Waals surface area contributed by atoms with E-state index < -0.39 is 8.32 Å². The molecule has 6 nitrogen and oxygen atoms in total. The van der Waals surface area contributed by atoms with Gasteiger partial charge in [0.15, 0.2) is 8.32 Å².